The van der Waals surface area contributed by atoms with Gasteiger partial charge in [-0.1, -0.05) is 17.5 Å². The highest BCUT2D eigenvalue weighted by atomic mass is 35.5. The molecule has 0 saturated heterocycles. The van der Waals surface area contributed by atoms with Gasteiger partial charge in [0.1, 0.15) is 5.60 Å². The maximum Gasteiger partial charge on any atom is 0.183 e. The molecule has 0 amide bonds. The second-order valence-corrected chi connectivity index (χ2v) is 4.72. The van der Waals surface area contributed by atoms with Gasteiger partial charge in [-0.3, -0.25) is 0 Å². The third kappa shape index (κ3) is 3.35. The molecule has 0 saturated carbocycles. The van der Waals surface area contributed by atoms with E-state index in [1.807, 2.05) is 13.8 Å². The van der Waals surface area contributed by atoms with E-state index in [9.17, 15) is 0 Å². The van der Waals surface area contributed by atoms with Crippen molar-refractivity contribution in [1.82, 2.24) is 4.98 Å². The van der Waals surface area contributed by atoms with Gasteiger partial charge in [0.2, 0.25) is 0 Å². The summed E-state index contributed by atoms with van der Waals surface area (Å²) in [5.74, 6) is 2.55. The van der Waals surface area contributed by atoms with Gasteiger partial charge in [0.15, 0.2) is 4.47 Å². The Balaban J connectivity index is 2.49. The lowest BCUT2D eigenvalue weighted by Crippen LogP contribution is -2.20. The van der Waals surface area contributed by atoms with Gasteiger partial charge in [0, 0.05) is 6.20 Å². The molecule has 0 aliphatic rings. The fourth-order valence-electron chi connectivity index (χ4n) is 0.644. The van der Waals surface area contributed by atoms with Crippen LogP contribution in [0.4, 0.5) is 0 Å². The van der Waals surface area contributed by atoms with Crippen molar-refractivity contribution >= 4 is 22.9 Å². The fraction of sp³-hybridized carbons (Fsp3) is 0.444. The summed E-state index contributed by atoms with van der Waals surface area (Å²) >= 11 is 7.06. The van der Waals surface area contributed by atoms with Gasteiger partial charge < -0.3 is 4.74 Å². The first kappa shape index (κ1) is 10.5. The van der Waals surface area contributed by atoms with Crippen LogP contribution in [0.2, 0.25) is 4.47 Å². The lowest BCUT2D eigenvalue weighted by Gasteiger charge is -2.17. The molecule has 2 nitrogen and oxygen atoms in total. The number of aromatic nitrogens is 1. The number of terminal acetylenes is 1. The van der Waals surface area contributed by atoms with E-state index in [0.717, 1.165) is 4.88 Å². The van der Waals surface area contributed by atoms with Gasteiger partial charge in [0.05, 0.1) is 11.5 Å². The Hall–Kier alpha value is -0.560. The molecule has 0 unspecified atom stereocenters. The van der Waals surface area contributed by atoms with Gasteiger partial charge in [0.25, 0.3) is 0 Å². The summed E-state index contributed by atoms with van der Waals surface area (Å²) in [7, 11) is 0. The van der Waals surface area contributed by atoms with Gasteiger partial charge in [-0.15, -0.1) is 17.8 Å². The van der Waals surface area contributed by atoms with E-state index in [-0.39, 0.29) is 0 Å². The van der Waals surface area contributed by atoms with Crippen LogP contribution in [-0.4, -0.2) is 10.6 Å². The van der Waals surface area contributed by atoms with Crippen molar-refractivity contribution in [2.24, 2.45) is 0 Å². The van der Waals surface area contributed by atoms with E-state index in [0.29, 0.717) is 11.1 Å². The average molecular weight is 216 g/mol. The number of thiazole rings is 1. The van der Waals surface area contributed by atoms with E-state index >= 15 is 0 Å². The van der Waals surface area contributed by atoms with Crippen molar-refractivity contribution in [1.29, 1.82) is 0 Å². The summed E-state index contributed by atoms with van der Waals surface area (Å²) in [6.07, 6.45) is 6.96. The number of halogens is 1. The zero-order valence-corrected chi connectivity index (χ0v) is 9.08. The molecule has 4 heteroatoms. The summed E-state index contributed by atoms with van der Waals surface area (Å²) in [5, 5.41) is 0. The molecule has 0 fully saturated rings. The molecule has 1 aromatic rings. The first-order valence-electron chi connectivity index (χ1n) is 3.75. The van der Waals surface area contributed by atoms with Crippen molar-refractivity contribution < 1.29 is 4.74 Å². The number of hydrogen-bond donors (Lipinski definition) is 0. The molecule has 13 heavy (non-hydrogen) atoms. The lowest BCUT2D eigenvalue weighted by molar-refractivity contribution is 0.0159. The van der Waals surface area contributed by atoms with E-state index < -0.39 is 5.60 Å². The highest BCUT2D eigenvalue weighted by molar-refractivity contribution is 7.15. The molecular formula is C9H10ClNOS. The molecule has 0 aliphatic heterocycles. The molecule has 0 spiro atoms. The molecule has 1 rings (SSSR count). The van der Waals surface area contributed by atoms with Crippen LogP contribution < -0.4 is 0 Å². The van der Waals surface area contributed by atoms with Crippen molar-refractivity contribution in [2.45, 2.75) is 26.1 Å². The van der Waals surface area contributed by atoms with Crippen LogP contribution in [0.5, 0.6) is 0 Å². The van der Waals surface area contributed by atoms with Crippen LogP contribution in [-0.2, 0) is 11.3 Å². The third-order valence-electron chi connectivity index (χ3n) is 1.45. The molecule has 70 valence electrons. The SMILES string of the molecule is C#CC(C)(C)OCc1cnc(Cl)s1. The minimum absolute atomic E-state index is 0.460. The Kier molecular flexibility index (Phi) is 3.32. The van der Waals surface area contributed by atoms with Crippen molar-refractivity contribution in [2.75, 3.05) is 0 Å². The molecule has 0 radical (unpaired) electrons. The number of nitrogens with zero attached hydrogens (tertiary/aromatic N) is 1. The number of hydrogen-bond acceptors (Lipinski definition) is 3. The summed E-state index contributed by atoms with van der Waals surface area (Å²) in [6, 6.07) is 0. The Morgan fingerprint density at radius 2 is 2.46 bits per heavy atom. The van der Waals surface area contributed by atoms with E-state index in [4.69, 9.17) is 22.8 Å². The molecule has 0 aliphatic carbocycles. The Morgan fingerprint density at radius 3 is 2.92 bits per heavy atom. The normalized spacial score (nSPS) is 11.2. The average Bonchev–Trinajstić information content (AvgIpc) is 2.48. The van der Waals surface area contributed by atoms with Gasteiger partial charge in [-0.25, -0.2) is 4.98 Å². The zero-order chi connectivity index (χ0) is 9.90. The van der Waals surface area contributed by atoms with Gasteiger partial charge in [-0.2, -0.15) is 0 Å². The highest BCUT2D eigenvalue weighted by Crippen LogP contribution is 2.20. The van der Waals surface area contributed by atoms with Crippen LogP contribution in [0.1, 0.15) is 18.7 Å². The Bertz CT molecular complexity index is 327. The van der Waals surface area contributed by atoms with Crippen LogP contribution in [0.3, 0.4) is 0 Å². The highest BCUT2D eigenvalue weighted by Gasteiger charge is 2.14. The Labute approximate surface area is 86.9 Å². The largest absolute Gasteiger partial charge is 0.357 e. The first-order valence-corrected chi connectivity index (χ1v) is 4.95. The van der Waals surface area contributed by atoms with E-state index in [1.54, 1.807) is 6.20 Å². The summed E-state index contributed by atoms with van der Waals surface area (Å²) in [5.41, 5.74) is -0.531. The number of ether oxygens (including phenoxy) is 1. The van der Waals surface area contributed by atoms with Crippen molar-refractivity contribution in [3.05, 3.63) is 15.5 Å². The van der Waals surface area contributed by atoms with Crippen LogP contribution in [0.15, 0.2) is 6.20 Å². The minimum Gasteiger partial charge on any atom is -0.357 e. The predicted molar refractivity (Wildman–Crippen MR) is 54.8 cm³/mol. The van der Waals surface area contributed by atoms with E-state index in [1.165, 1.54) is 11.3 Å². The lowest BCUT2D eigenvalue weighted by atomic mass is 10.1. The van der Waals surface area contributed by atoms with Crippen molar-refractivity contribution in [3.8, 4) is 12.3 Å². The van der Waals surface area contributed by atoms with Crippen LogP contribution in [0, 0.1) is 12.3 Å². The summed E-state index contributed by atoms with van der Waals surface area (Å²) in [6.45, 7) is 4.15. The quantitative estimate of drug-likeness (QED) is 0.724. The Morgan fingerprint density at radius 1 is 1.77 bits per heavy atom. The van der Waals surface area contributed by atoms with Crippen LogP contribution in [0.25, 0.3) is 0 Å². The number of rotatable bonds is 3. The molecule has 0 aromatic carbocycles. The standard InChI is InChI=1S/C9H10ClNOS/c1-4-9(2,3)12-6-7-5-11-8(10)13-7/h1,5H,6H2,2-3H3. The van der Waals surface area contributed by atoms with E-state index in [2.05, 4.69) is 10.9 Å². The molecule has 0 atom stereocenters. The monoisotopic (exact) mass is 215 g/mol. The topological polar surface area (TPSA) is 22.1 Å². The van der Waals surface area contributed by atoms with Crippen LogP contribution >= 0.6 is 22.9 Å². The maximum atomic E-state index is 5.66. The maximum absolute atomic E-state index is 5.66. The molecular weight excluding hydrogens is 206 g/mol. The fourth-order valence-corrected chi connectivity index (χ4v) is 1.53. The zero-order valence-electron chi connectivity index (χ0n) is 7.50. The smallest absolute Gasteiger partial charge is 0.183 e. The van der Waals surface area contributed by atoms with Gasteiger partial charge in [-0.05, 0) is 13.8 Å². The van der Waals surface area contributed by atoms with Crippen molar-refractivity contribution in [3.63, 3.8) is 0 Å². The molecule has 0 N–H and O–H groups in total. The van der Waals surface area contributed by atoms with Gasteiger partial charge >= 0.3 is 0 Å². The molecule has 0 bridgehead atoms. The first-order chi connectivity index (χ1) is 6.03. The summed E-state index contributed by atoms with van der Waals surface area (Å²) in [4.78, 5) is 4.88. The third-order valence-corrected chi connectivity index (χ3v) is 2.54. The molecule has 1 heterocycles. The summed E-state index contributed by atoms with van der Waals surface area (Å²) < 4.78 is 5.98. The minimum atomic E-state index is -0.531. The molecule has 1 aromatic heterocycles. The second kappa shape index (κ2) is 4.10. The predicted octanol–water partition coefficient (Wildman–Crippen LogP) is 2.72. The second-order valence-electron chi connectivity index (χ2n) is 3.02.